The molecule has 10 rings (SSSR count). The van der Waals surface area contributed by atoms with Crippen LogP contribution in [-0.2, 0) is 54.0 Å². The standard InChI is InChI=1S/C67H69Cl2N9O18P2/c68-35-43-37-77(52-33-54(95-97(88,89)90)46-10-2-4-12-48(46)60(43)52)58(81)23-18-40-15-19-42(20-24-59(82)78-38-44(36-69)61-49-13-5-3-11-47(49)55(34-53(61)78)96-98(91,92)93)51(32-40)75-66(87)94-39-41-16-21-45(22-17-41)73-62(83)50(14-8-30-72-65(70)86)74-64(85)67(27-9-28-67)63(84)71-29-6-1-7-31-76-56(79)25-26-57(76)80/h2-5,10-13,15-26,32-34,43-44,50H,1,6-9,14,27-31,35-39H2,(H,71,84)(H,73,83)(H,74,85)(H,75,87)(H3,70,72,86)(H2,88,89,90)(H2,91,92,93)/t43-,44-,50?/m1/s1. The summed E-state index contributed by atoms with van der Waals surface area (Å²) in [6, 6.07) is 25.3. The second kappa shape index (κ2) is 31.0. The number of hydrogen-bond donors (Lipinski definition) is 10. The highest BCUT2D eigenvalue weighted by Crippen LogP contribution is 2.51. The zero-order chi connectivity index (χ0) is 70.1. The molecule has 0 bridgehead atoms. The van der Waals surface area contributed by atoms with E-state index in [0.29, 0.717) is 80.9 Å². The van der Waals surface area contributed by atoms with Gasteiger partial charge in [-0.05, 0) is 114 Å². The highest BCUT2D eigenvalue weighted by Gasteiger charge is 2.51. The molecule has 11 N–H and O–H groups in total. The lowest BCUT2D eigenvalue weighted by Crippen LogP contribution is -2.58. The Morgan fingerprint density at radius 2 is 1.20 bits per heavy atom. The first-order valence-electron chi connectivity index (χ1n) is 31.2. The molecule has 6 aromatic carbocycles. The van der Waals surface area contributed by atoms with Crippen LogP contribution in [0.15, 0.2) is 127 Å². The van der Waals surface area contributed by atoms with E-state index in [0.717, 1.165) is 4.90 Å². The largest absolute Gasteiger partial charge is 0.524 e. The molecule has 514 valence electrons. The van der Waals surface area contributed by atoms with E-state index in [1.54, 1.807) is 72.8 Å². The predicted molar refractivity (Wildman–Crippen MR) is 366 cm³/mol. The van der Waals surface area contributed by atoms with Gasteiger partial charge < -0.3 is 50.6 Å². The molecule has 1 unspecified atom stereocenters. The summed E-state index contributed by atoms with van der Waals surface area (Å²) in [6.07, 6.45) is 9.84. The van der Waals surface area contributed by atoms with E-state index in [9.17, 15) is 71.9 Å². The summed E-state index contributed by atoms with van der Waals surface area (Å²) in [5.74, 6) is -4.51. The Morgan fingerprint density at radius 3 is 1.73 bits per heavy atom. The number of nitrogens with two attached hydrogens (primary N) is 1. The van der Waals surface area contributed by atoms with Crippen molar-refractivity contribution in [1.29, 1.82) is 0 Å². The van der Waals surface area contributed by atoms with Crippen molar-refractivity contribution < 1.29 is 85.6 Å². The van der Waals surface area contributed by atoms with E-state index in [-0.39, 0.29) is 123 Å². The molecule has 31 heteroatoms. The average molecular weight is 1420 g/mol. The summed E-state index contributed by atoms with van der Waals surface area (Å²) in [7, 11) is -10.1. The number of hydrogen-bond acceptors (Lipinski definition) is 14. The van der Waals surface area contributed by atoms with Gasteiger partial charge in [0.2, 0.25) is 17.7 Å². The number of benzene rings is 6. The molecule has 1 saturated carbocycles. The number of anilines is 4. The van der Waals surface area contributed by atoms with E-state index < -0.39 is 74.7 Å². The maximum Gasteiger partial charge on any atom is 0.524 e. The first-order chi connectivity index (χ1) is 46.8. The summed E-state index contributed by atoms with van der Waals surface area (Å²) < 4.78 is 40.1. The molecule has 27 nitrogen and oxygen atoms in total. The van der Waals surface area contributed by atoms with Crippen LogP contribution in [0.4, 0.5) is 32.3 Å². The second-order valence-corrected chi connectivity index (χ2v) is 26.7. The van der Waals surface area contributed by atoms with Crippen LogP contribution in [0.25, 0.3) is 33.7 Å². The van der Waals surface area contributed by atoms with E-state index in [4.69, 9.17) is 42.7 Å². The third-order valence-corrected chi connectivity index (χ3v) is 18.9. The number of unbranched alkanes of at least 4 members (excludes halogenated alkanes) is 2. The summed E-state index contributed by atoms with van der Waals surface area (Å²) >= 11 is 12.9. The Morgan fingerprint density at radius 1 is 0.653 bits per heavy atom. The van der Waals surface area contributed by atoms with E-state index in [1.165, 1.54) is 76.6 Å². The molecule has 0 aromatic heterocycles. The van der Waals surface area contributed by atoms with Crippen molar-refractivity contribution in [3.8, 4) is 11.5 Å². The number of alkyl halides is 2. The minimum absolute atomic E-state index is 0.0446. The lowest BCUT2D eigenvalue weighted by molar-refractivity contribution is -0.151. The Hall–Kier alpha value is -9.43. The van der Waals surface area contributed by atoms with Gasteiger partial charge in [0.1, 0.15) is 29.6 Å². The molecular weight excluding hydrogens is 1350 g/mol. The van der Waals surface area contributed by atoms with Crippen LogP contribution in [0.1, 0.15) is 91.0 Å². The number of amides is 10. The van der Waals surface area contributed by atoms with Crippen LogP contribution in [0.2, 0.25) is 0 Å². The number of phosphoric acid groups is 2. The van der Waals surface area contributed by atoms with Crippen molar-refractivity contribution in [2.24, 2.45) is 11.1 Å². The summed E-state index contributed by atoms with van der Waals surface area (Å²) in [5.41, 5.74) is 7.31. The number of ether oxygens (including phenoxy) is 1. The first-order valence-corrected chi connectivity index (χ1v) is 35.3. The normalized spacial score (nSPS) is 16.6. The number of fused-ring (bicyclic) bond motifs is 6. The maximum absolute atomic E-state index is 14.3. The van der Waals surface area contributed by atoms with Crippen LogP contribution in [0.5, 0.6) is 11.5 Å². The highest BCUT2D eigenvalue weighted by atomic mass is 35.5. The number of rotatable bonds is 28. The smallest absolute Gasteiger partial charge is 0.444 e. The maximum atomic E-state index is 14.3. The van der Waals surface area contributed by atoms with Crippen LogP contribution in [0.3, 0.4) is 0 Å². The third-order valence-electron chi connectivity index (χ3n) is 17.2. The number of halogens is 2. The van der Waals surface area contributed by atoms with Crippen molar-refractivity contribution >= 4 is 149 Å². The molecular formula is C67H69Cl2N9O18P2. The third kappa shape index (κ3) is 16.9. The summed E-state index contributed by atoms with van der Waals surface area (Å²) in [6.45, 7) is 0.468. The molecule has 0 spiro atoms. The van der Waals surface area contributed by atoms with Crippen LogP contribution >= 0.6 is 38.8 Å². The minimum atomic E-state index is -5.06. The van der Waals surface area contributed by atoms with Crippen molar-refractivity contribution in [2.75, 3.05) is 64.9 Å². The molecule has 3 atom stereocenters. The van der Waals surface area contributed by atoms with Gasteiger partial charge in [-0.3, -0.25) is 63.4 Å². The fraction of sp³-hybridized carbons (Fsp3) is 0.299. The minimum Gasteiger partial charge on any atom is -0.444 e. The SMILES string of the molecule is NC(=O)NCCCC(NC(=O)C1(C(=O)NCCCCCN2C(=O)C=CC2=O)CCC1)C(=O)Nc1ccc(COC(=O)Nc2cc(C=CC(=O)N3C[C@@H](CCl)c4c3cc(OP(=O)(O)O)c3ccccc43)ccc2C=CC(=O)N2C[C@@H](CCl)c3c2cc(OP(=O)(O)O)c2ccccc32)cc1. The topological polar surface area (TPSA) is 392 Å². The number of nitrogens with one attached hydrogen (secondary N) is 5. The molecule has 98 heavy (non-hydrogen) atoms. The molecule has 1 aliphatic carbocycles. The van der Waals surface area contributed by atoms with Gasteiger partial charge in [0.15, 0.2) is 0 Å². The monoisotopic (exact) mass is 1420 g/mol. The van der Waals surface area contributed by atoms with E-state index >= 15 is 0 Å². The Labute approximate surface area is 571 Å². The molecule has 10 amide bonds. The van der Waals surface area contributed by atoms with E-state index in [1.807, 2.05) is 0 Å². The van der Waals surface area contributed by atoms with Gasteiger partial charge >= 0.3 is 27.8 Å². The van der Waals surface area contributed by atoms with Gasteiger partial charge in [-0.2, -0.15) is 0 Å². The molecule has 6 aromatic rings. The van der Waals surface area contributed by atoms with Crippen molar-refractivity contribution in [3.05, 3.63) is 155 Å². The van der Waals surface area contributed by atoms with Gasteiger partial charge in [-0.15, -0.1) is 23.2 Å². The van der Waals surface area contributed by atoms with Crippen LogP contribution < -0.4 is 51.2 Å². The van der Waals surface area contributed by atoms with Crippen molar-refractivity contribution in [3.63, 3.8) is 0 Å². The van der Waals surface area contributed by atoms with Gasteiger partial charge in [0.05, 0.1) is 17.1 Å². The fourth-order valence-electron chi connectivity index (χ4n) is 12.3. The first kappa shape index (κ1) is 71.3. The lowest BCUT2D eigenvalue weighted by atomic mass is 9.67. The Bertz CT molecular complexity index is 4330. The van der Waals surface area contributed by atoms with E-state index in [2.05, 4.69) is 26.6 Å². The lowest BCUT2D eigenvalue weighted by Gasteiger charge is -2.39. The van der Waals surface area contributed by atoms with Crippen LogP contribution in [-0.4, -0.2) is 128 Å². The molecule has 3 aliphatic heterocycles. The number of imide groups is 1. The Balaban J connectivity index is 0.836. The van der Waals surface area contributed by atoms with Gasteiger partial charge in [0.25, 0.3) is 23.6 Å². The number of phosphoric ester groups is 2. The molecule has 3 heterocycles. The Kier molecular flexibility index (Phi) is 22.5. The predicted octanol–water partition coefficient (Wildman–Crippen LogP) is 8.70. The second-order valence-electron chi connectivity index (χ2n) is 23.7. The average Bonchev–Trinajstić information content (AvgIpc) is 1.56. The molecule has 1 fully saturated rings. The summed E-state index contributed by atoms with van der Waals surface area (Å²) in [4.78, 5) is 162. The van der Waals surface area contributed by atoms with Gasteiger partial charge in [-0.1, -0.05) is 79.2 Å². The van der Waals surface area contributed by atoms with Crippen molar-refractivity contribution in [2.45, 2.75) is 75.9 Å². The summed E-state index contributed by atoms with van der Waals surface area (Å²) in [5, 5.41) is 15.5. The molecule has 0 saturated heterocycles. The number of carbonyl (C=O) groups is 9. The molecule has 0 radical (unpaired) electrons. The zero-order valence-electron chi connectivity index (χ0n) is 52.4. The van der Waals surface area contributed by atoms with Gasteiger partial charge in [-0.25, -0.2) is 18.7 Å². The zero-order valence-corrected chi connectivity index (χ0v) is 55.7. The fourth-order valence-corrected chi connectivity index (χ4v) is 13.6. The molecule has 4 aliphatic rings. The highest BCUT2D eigenvalue weighted by molar-refractivity contribution is 7.47. The van der Waals surface area contributed by atoms with Gasteiger partial charge in [0, 0.05) is 109 Å². The van der Waals surface area contributed by atoms with Crippen molar-refractivity contribution in [1.82, 2.24) is 20.9 Å². The quantitative estimate of drug-likeness (QED) is 0.00548. The number of nitrogens with zero attached hydrogens (tertiary/aromatic N) is 3. The number of primary amides is 1. The number of urea groups is 1. The van der Waals surface area contributed by atoms with Crippen LogP contribution in [0, 0.1) is 5.41 Å². The number of carbonyl (C=O) groups excluding carboxylic acids is 9.